The van der Waals surface area contributed by atoms with Crippen LogP contribution < -0.4 is 19.5 Å². The lowest BCUT2D eigenvalue weighted by Crippen LogP contribution is -2.10. The molecule has 3 rings (SSSR count). The standard InChI is InChI=1S/C13H12N4O5S/c1-21-10-5-7(22-23(2,19)20)3-4-8(10)12-14-9-6-11(18)16-17-13(9)15-12/h3-6H,1-2H3,(H,16,18)(H,14,15,17)/p+1. The molecular formula is C13H13N4O5S+. The molecule has 0 aliphatic carbocycles. The maximum atomic E-state index is 11.3. The highest BCUT2D eigenvalue weighted by Gasteiger charge is 2.18. The summed E-state index contributed by atoms with van der Waals surface area (Å²) in [6, 6.07) is 5.95. The second-order valence-corrected chi connectivity index (χ2v) is 6.34. The normalized spacial score (nSPS) is 11.6. The zero-order chi connectivity index (χ0) is 16.6. The van der Waals surface area contributed by atoms with Gasteiger partial charge in [-0.2, -0.15) is 13.5 Å². The van der Waals surface area contributed by atoms with E-state index in [4.69, 9.17) is 8.92 Å². The van der Waals surface area contributed by atoms with Crippen LogP contribution in [0.1, 0.15) is 0 Å². The Morgan fingerprint density at radius 1 is 1.26 bits per heavy atom. The van der Waals surface area contributed by atoms with E-state index in [0.29, 0.717) is 28.3 Å². The van der Waals surface area contributed by atoms with E-state index in [2.05, 4.69) is 20.2 Å². The number of aromatic nitrogens is 4. The SMILES string of the molecule is COc1cc(OS(C)(=O)=O)ccc1-c1[nH]c2cc(=O)[nH]nc2[nH+]1. The molecule has 3 N–H and O–H groups in total. The molecule has 0 fully saturated rings. The Morgan fingerprint density at radius 2 is 2.04 bits per heavy atom. The molecule has 2 heterocycles. The van der Waals surface area contributed by atoms with Crippen molar-refractivity contribution in [3.05, 3.63) is 34.6 Å². The first-order chi connectivity index (χ1) is 10.9. The van der Waals surface area contributed by atoms with Crippen LogP contribution in [-0.2, 0) is 10.1 Å². The van der Waals surface area contributed by atoms with E-state index in [1.807, 2.05) is 0 Å². The lowest BCUT2D eigenvalue weighted by molar-refractivity contribution is -0.333. The second kappa shape index (κ2) is 5.39. The molecular weight excluding hydrogens is 324 g/mol. The van der Waals surface area contributed by atoms with Crippen LogP contribution in [-0.4, -0.2) is 37.0 Å². The van der Waals surface area contributed by atoms with E-state index < -0.39 is 10.1 Å². The lowest BCUT2D eigenvalue weighted by Gasteiger charge is -2.08. The van der Waals surface area contributed by atoms with E-state index in [0.717, 1.165) is 6.26 Å². The number of hydrogen-bond donors (Lipinski definition) is 2. The van der Waals surface area contributed by atoms with Gasteiger partial charge in [0, 0.05) is 6.07 Å². The van der Waals surface area contributed by atoms with E-state index in [1.54, 1.807) is 6.07 Å². The summed E-state index contributed by atoms with van der Waals surface area (Å²) in [7, 11) is -2.17. The Morgan fingerprint density at radius 3 is 2.74 bits per heavy atom. The second-order valence-electron chi connectivity index (χ2n) is 4.77. The number of nitrogens with one attached hydrogen (secondary N) is 3. The van der Waals surface area contributed by atoms with Crippen molar-refractivity contribution < 1.29 is 22.3 Å². The van der Waals surface area contributed by atoms with Crippen LogP contribution in [0.15, 0.2) is 29.1 Å². The van der Waals surface area contributed by atoms with Gasteiger partial charge in [0.15, 0.2) is 5.52 Å². The molecule has 0 saturated heterocycles. The zero-order valence-corrected chi connectivity index (χ0v) is 13.0. The fourth-order valence-corrected chi connectivity index (χ4v) is 2.57. The van der Waals surface area contributed by atoms with Crippen LogP contribution in [0.2, 0.25) is 0 Å². The maximum absolute atomic E-state index is 11.3. The van der Waals surface area contributed by atoms with Gasteiger partial charge in [0.05, 0.1) is 25.0 Å². The minimum absolute atomic E-state index is 0.137. The molecule has 0 bridgehead atoms. The molecule has 0 radical (unpaired) electrons. The molecule has 120 valence electrons. The van der Waals surface area contributed by atoms with Crippen LogP contribution in [0.3, 0.4) is 0 Å². The lowest BCUT2D eigenvalue weighted by atomic mass is 10.2. The number of nitrogens with zero attached hydrogens (tertiary/aromatic N) is 1. The molecule has 0 unspecified atom stereocenters. The Balaban J connectivity index is 2.08. The number of aromatic amines is 3. The quantitative estimate of drug-likeness (QED) is 0.649. The van der Waals surface area contributed by atoms with Gasteiger partial charge in [-0.1, -0.05) is 0 Å². The van der Waals surface area contributed by atoms with Crippen molar-refractivity contribution in [3.8, 4) is 22.9 Å². The molecule has 0 aliphatic rings. The largest absolute Gasteiger partial charge is 0.496 e. The zero-order valence-electron chi connectivity index (χ0n) is 12.2. The van der Waals surface area contributed by atoms with Crippen LogP contribution >= 0.6 is 0 Å². The Hall–Kier alpha value is -2.88. The third kappa shape index (κ3) is 3.16. The molecule has 9 nitrogen and oxygen atoms in total. The Bertz CT molecular complexity index is 1040. The van der Waals surface area contributed by atoms with Crippen LogP contribution in [0.5, 0.6) is 11.5 Å². The minimum Gasteiger partial charge on any atom is -0.496 e. The number of rotatable bonds is 4. The number of hydrogen-bond acceptors (Lipinski definition) is 6. The predicted molar refractivity (Wildman–Crippen MR) is 80.7 cm³/mol. The molecule has 0 aliphatic heterocycles. The molecule has 0 spiro atoms. The number of fused-ring (bicyclic) bond motifs is 1. The first-order valence-electron chi connectivity index (χ1n) is 6.44. The van der Waals surface area contributed by atoms with Crippen LogP contribution in [0.4, 0.5) is 0 Å². The Labute approximate surface area is 130 Å². The van der Waals surface area contributed by atoms with Crippen molar-refractivity contribution in [2.24, 2.45) is 0 Å². The Kier molecular flexibility index (Phi) is 3.52. The molecule has 0 amide bonds. The van der Waals surface area contributed by atoms with Gasteiger partial charge in [-0.15, -0.1) is 0 Å². The number of H-pyrrole nitrogens is 3. The van der Waals surface area contributed by atoms with Gasteiger partial charge in [-0.25, -0.2) is 4.98 Å². The third-order valence-corrected chi connectivity index (χ3v) is 3.50. The van der Waals surface area contributed by atoms with Gasteiger partial charge in [-0.3, -0.25) is 9.78 Å². The summed E-state index contributed by atoms with van der Waals surface area (Å²) in [5, 5.41) is 6.21. The van der Waals surface area contributed by atoms with Crippen molar-refractivity contribution in [1.29, 1.82) is 0 Å². The molecule has 10 heteroatoms. The molecule has 1 aromatic carbocycles. The number of ether oxygens (including phenoxy) is 1. The minimum atomic E-state index is -3.62. The van der Waals surface area contributed by atoms with Crippen LogP contribution in [0, 0.1) is 0 Å². The molecule has 0 atom stereocenters. The topological polar surface area (TPSA) is 128 Å². The fraction of sp³-hybridized carbons (Fsp3) is 0.154. The number of imidazole rings is 1. The highest BCUT2D eigenvalue weighted by atomic mass is 32.2. The molecule has 0 saturated carbocycles. The molecule has 3 aromatic rings. The highest BCUT2D eigenvalue weighted by Crippen LogP contribution is 2.31. The van der Waals surface area contributed by atoms with E-state index in [9.17, 15) is 13.2 Å². The summed E-state index contributed by atoms with van der Waals surface area (Å²) in [6.07, 6.45) is 0.960. The summed E-state index contributed by atoms with van der Waals surface area (Å²) in [5.74, 6) is 1.08. The summed E-state index contributed by atoms with van der Waals surface area (Å²) >= 11 is 0. The smallest absolute Gasteiger partial charge is 0.323 e. The van der Waals surface area contributed by atoms with Crippen molar-refractivity contribution in [2.45, 2.75) is 0 Å². The average Bonchev–Trinajstić information content (AvgIpc) is 2.88. The summed E-state index contributed by atoms with van der Waals surface area (Å²) < 4.78 is 32.5. The monoisotopic (exact) mass is 337 g/mol. The first-order valence-corrected chi connectivity index (χ1v) is 8.26. The summed E-state index contributed by atoms with van der Waals surface area (Å²) in [6.45, 7) is 0. The fourth-order valence-electron chi connectivity index (χ4n) is 2.12. The number of benzene rings is 1. The van der Waals surface area contributed by atoms with Gasteiger partial charge in [0.1, 0.15) is 11.5 Å². The molecule has 23 heavy (non-hydrogen) atoms. The van der Waals surface area contributed by atoms with Gasteiger partial charge < -0.3 is 8.92 Å². The van der Waals surface area contributed by atoms with E-state index in [-0.39, 0.29) is 11.3 Å². The van der Waals surface area contributed by atoms with Crippen molar-refractivity contribution in [3.63, 3.8) is 0 Å². The maximum Gasteiger partial charge on any atom is 0.323 e. The van der Waals surface area contributed by atoms with Gasteiger partial charge in [0.25, 0.3) is 5.56 Å². The summed E-state index contributed by atoms with van der Waals surface area (Å²) in [4.78, 5) is 17.3. The third-order valence-electron chi connectivity index (χ3n) is 3.00. The van der Waals surface area contributed by atoms with Gasteiger partial charge in [-0.05, 0) is 17.2 Å². The average molecular weight is 337 g/mol. The predicted octanol–water partition coefficient (Wildman–Crippen LogP) is 0.0793. The van der Waals surface area contributed by atoms with Crippen LogP contribution in [0.25, 0.3) is 22.6 Å². The van der Waals surface area contributed by atoms with Gasteiger partial charge >= 0.3 is 15.8 Å². The molecule has 2 aromatic heterocycles. The first kappa shape index (κ1) is 15.0. The summed E-state index contributed by atoms with van der Waals surface area (Å²) in [5.41, 5.74) is 1.29. The van der Waals surface area contributed by atoms with Crippen molar-refractivity contribution >= 4 is 21.3 Å². The van der Waals surface area contributed by atoms with Crippen molar-refractivity contribution in [1.82, 2.24) is 15.2 Å². The number of methoxy groups -OCH3 is 1. The van der Waals surface area contributed by atoms with E-state index in [1.165, 1.54) is 25.3 Å². The highest BCUT2D eigenvalue weighted by molar-refractivity contribution is 7.86. The van der Waals surface area contributed by atoms with Crippen molar-refractivity contribution in [2.75, 3.05) is 13.4 Å². The van der Waals surface area contributed by atoms with E-state index >= 15 is 0 Å². The van der Waals surface area contributed by atoms with Gasteiger partial charge in [0.2, 0.25) is 5.82 Å².